The normalized spacial score (nSPS) is 12.1. The molecule has 214 valence electrons. The molecule has 0 unspecified atom stereocenters. The molecule has 0 saturated carbocycles. The van der Waals surface area contributed by atoms with Crippen molar-refractivity contribution >= 4 is 39.3 Å². The summed E-state index contributed by atoms with van der Waals surface area (Å²) in [7, 11) is -4.14. The fraction of sp³-hybridized carbons (Fsp3) is 0.333. The molecule has 10 heteroatoms. The lowest BCUT2D eigenvalue weighted by Crippen LogP contribution is -2.52. The first-order chi connectivity index (χ1) is 19.1. The summed E-state index contributed by atoms with van der Waals surface area (Å²) in [6.07, 6.45) is 1.91. The molecule has 3 aromatic rings. The number of hydrogen-bond donors (Lipinski definition) is 1. The molecule has 0 saturated heterocycles. The third-order valence-corrected chi connectivity index (χ3v) is 8.69. The second-order valence-corrected chi connectivity index (χ2v) is 12.2. The molecule has 0 fully saturated rings. The number of amides is 2. The average molecular weight is 584 g/mol. The maximum atomic E-state index is 13.9. The van der Waals surface area contributed by atoms with Gasteiger partial charge in [0.2, 0.25) is 11.8 Å². The van der Waals surface area contributed by atoms with Crippen LogP contribution in [0.1, 0.15) is 33.3 Å². The molecule has 0 radical (unpaired) electrons. The van der Waals surface area contributed by atoms with Gasteiger partial charge in [0.25, 0.3) is 10.0 Å². The van der Waals surface area contributed by atoms with Gasteiger partial charge < -0.3 is 15.0 Å². The van der Waals surface area contributed by atoms with Crippen molar-refractivity contribution in [2.24, 2.45) is 0 Å². The number of ether oxygens (including phenoxy) is 1. The van der Waals surface area contributed by atoms with Crippen LogP contribution in [0.2, 0.25) is 0 Å². The topological polar surface area (TPSA) is 96.0 Å². The van der Waals surface area contributed by atoms with Gasteiger partial charge in [0, 0.05) is 17.5 Å². The number of nitrogens with one attached hydrogen (secondary N) is 1. The van der Waals surface area contributed by atoms with Gasteiger partial charge in [0.1, 0.15) is 18.3 Å². The molecule has 3 rings (SSSR count). The molecule has 40 heavy (non-hydrogen) atoms. The van der Waals surface area contributed by atoms with Crippen molar-refractivity contribution in [2.45, 2.75) is 56.1 Å². The molecule has 1 N–H and O–H groups in total. The molecule has 0 aliphatic rings. The molecular formula is C30H37N3O5S2. The van der Waals surface area contributed by atoms with Crippen LogP contribution in [0.25, 0.3) is 0 Å². The van der Waals surface area contributed by atoms with Crippen LogP contribution in [0.4, 0.5) is 5.69 Å². The summed E-state index contributed by atoms with van der Waals surface area (Å²) in [5.41, 5.74) is 1.13. The molecule has 0 aliphatic heterocycles. The van der Waals surface area contributed by atoms with Gasteiger partial charge in [0.05, 0.1) is 17.2 Å². The highest BCUT2D eigenvalue weighted by molar-refractivity contribution is 7.98. The van der Waals surface area contributed by atoms with Gasteiger partial charge in [-0.2, -0.15) is 0 Å². The standard InChI is InChI=1S/C30H37N3O5S2/c1-6-38-26-14-12-25(13-15-26)33(40(36,37)28-18-16-27(39-5)17-19-28)21-29(34)32(20-24-10-8-7-9-11-24)23(4)30(35)31-22(2)3/h7-19,22-23H,6,20-21H2,1-5H3,(H,31,35)/t23-/m1/s1. The van der Waals surface area contributed by atoms with E-state index in [-0.39, 0.29) is 23.4 Å². The third kappa shape index (κ3) is 8.02. The van der Waals surface area contributed by atoms with E-state index in [4.69, 9.17) is 4.74 Å². The predicted molar refractivity (Wildman–Crippen MR) is 160 cm³/mol. The summed E-state index contributed by atoms with van der Waals surface area (Å²) >= 11 is 1.50. The smallest absolute Gasteiger partial charge is 0.264 e. The van der Waals surface area contributed by atoms with E-state index in [0.29, 0.717) is 18.0 Å². The van der Waals surface area contributed by atoms with E-state index in [1.165, 1.54) is 28.8 Å². The molecule has 2 amide bonds. The average Bonchev–Trinajstić information content (AvgIpc) is 2.95. The summed E-state index contributed by atoms with van der Waals surface area (Å²) in [6.45, 7) is 7.31. The Balaban J connectivity index is 2.02. The lowest BCUT2D eigenvalue weighted by Gasteiger charge is -2.32. The highest BCUT2D eigenvalue weighted by Crippen LogP contribution is 2.28. The maximum absolute atomic E-state index is 13.9. The molecule has 8 nitrogen and oxygen atoms in total. The molecule has 0 spiro atoms. The van der Waals surface area contributed by atoms with Gasteiger partial charge in [-0.1, -0.05) is 30.3 Å². The lowest BCUT2D eigenvalue weighted by atomic mass is 10.1. The summed E-state index contributed by atoms with van der Waals surface area (Å²) < 4.78 is 34.5. The number of hydrogen-bond acceptors (Lipinski definition) is 6. The van der Waals surface area contributed by atoms with Gasteiger partial charge in [-0.3, -0.25) is 13.9 Å². The zero-order valence-corrected chi connectivity index (χ0v) is 25.2. The van der Waals surface area contributed by atoms with Gasteiger partial charge in [-0.25, -0.2) is 8.42 Å². The Morgan fingerprint density at radius 3 is 2.10 bits per heavy atom. The Morgan fingerprint density at radius 2 is 1.55 bits per heavy atom. The van der Waals surface area contributed by atoms with Crippen LogP contribution in [0.5, 0.6) is 5.75 Å². The predicted octanol–water partition coefficient (Wildman–Crippen LogP) is 4.94. The quantitative estimate of drug-likeness (QED) is 0.286. The number of nitrogens with zero attached hydrogens (tertiary/aromatic N) is 2. The first-order valence-corrected chi connectivity index (χ1v) is 15.8. The van der Waals surface area contributed by atoms with Crippen LogP contribution >= 0.6 is 11.8 Å². The summed E-state index contributed by atoms with van der Waals surface area (Å²) in [5, 5.41) is 2.85. The van der Waals surface area contributed by atoms with Crippen molar-refractivity contribution in [1.82, 2.24) is 10.2 Å². The molecular weight excluding hydrogens is 546 g/mol. The van der Waals surface area contributed by atoms with Crippen molar-refractivity contribution in [3.63, 3.8) is 0 Å². The fourth-order valence-corrected chi connectivity index (χ4v) is 5.87. The first-order valence-electron chi connectivity index (χ1n) is 13.1. The van der Waals surface area contributed by atoms with Crippen LogP contribution in [-0.4, -0.2) is 56.6 Å². The zero-order chi connectivity index (χ0) is 29.3. The highest BCUT2D eigenvalue weighted by atomic mass is 32.2. The Labute approximate surface area is 241 Å². The van der Waals surface area contributed by atoms with E-state index in [1.54, 1.807) is 43.3 Å². The third-order valence-electron chi connectivity index (χ3n) is 6.16. The number of rotatable bonds is 13. The number of anilines is 1. The van der Waals surface area contributed by atoms with E-state index >= 15 is 0 Å². The maximum Gasteiger partial charge on any atom is 0.264 e. The van der Waals surface area contributed by atoms with Crippen LogP contribution in [-0.2, 0) is 26.2 Å². The molecule has 0 heterocycles. The minimum absolute atomic E-state index is 0.0622. The van der Waals surface area contributed by atoms with Gasteiger partial charge in [-0.15, -0.1) is 11.8 Å². The highest BCUT2D eigenvalue weighted by Gasteiger charge is 2.32. The summed E-state index contributed by atoms with van der Waals surface area (Å²) in [5.74, 6) is -0.236. The molecule has 0 aromatic heterocycles. The molecule has 3 aromatic carbocycles. The Bertz CT molecular complexity index is 1360. The summed E-state index contributed by atoms with van der Waals surface area (Å²) in [4.78, 5) is 29.3. The number of benzene rings is 3. The number of carbonyl (C=O) groups excluding carboxylic acids is 2. The fourth-order valence-electron chi connectivity index (χ4n) is 4.05. The van der Waals surface area contributed by atoms with Gasteiger partial charge in [-0.05, 0) is 88.0 Å². The van der Waals surface area contributed by atoms with E-state index in [1.807, 2.05) is 57.4 Å². The van der Waals surface area contributed by atoms with E-state index in [9.17, 15) is 18.0 Å². The minimum Gasteiger partial charge on any atom is -0.494 e. The van der Waals surface area contributed by atoms with E-state index in [2.05, 4.69) is 5.32 Å². The van der Waals surface area contributed by atoms with E-state index < -0.39 is 28.5 Å². The van der Waals surface area contributed by atoms with Gasteiger partial charge >= 0.3 is 0 Å². The Morgan fingerprint density at radius 1 is 0.925 bits per heavy atom. The van der Waals surface area contributed by atoms with Crippen LogP contribution in [0, 0.1) is 0 Å². The number of sulfonamides is 1. The molecule has 1 atom stereocenters. The Hall–Kier alpha value is -3.50. The van der Waals surface area contributed by atoms with Crippen molar-refractivity contribution < 1.29 is 22.7 Å². The second-order valence-electron chi connectivity index (χ2n) is 9.46. The van der Waals surface area contributed by atoms with E-state index in [0.717, 1.165) is 14.8 Å². The summed E-state index contributed by atoms with van der Waals surface area (Å²) in [6, 6.07) is 21.5. The number of carbonyl (C=O) groups is 2. The monoisotopic (exact) mass is 583 g/mol. The SMILES string of the molecule is CCOc1ccc(N(CC(=O)N(Cc2ccccc2)[C@H](C)C(=O)NC(C)C)S(=O)(=O)c2ccc(SC)cc2)cc1. The van der Waals surface area contributed by atoms with Crippen LogP contribution in [0.15, 0.2) is 88.7 Å². The van der Waals surface area contributed by atoms with Gasteiger partial charge in [0.15, 0.2) is 0 Å². The Kier molecular flexibility index (Phi) is 11.0. The second kappa shape index (κ2) is 14.2. The van der Waals surface area contributed by atoms with Crippen LogP contribution in [0.3, 0.4) is 0 Å². The number of thioether (sulfide) groups is 1. The van der Waals surface area contributed by atoms with Crippen LogP contribution < -0.4 is 14.4 Å². The minimum atomic E-state index is -4.14. The van der Waals surface area contributed by atoms with Crippen molar-refractivity contribution in [1.29, 1.82) is 0 Å². The largest absolute Gasteiger partial charge is 0.494 e. The van der Waals surface area contributed by atoms with Crippen molar-refractivity contribution in [3.05, 3.63) is 84.4 Å². The van der Waals surface area contributed by atoms with Crippen molar-refractivity contribution in [3.8, 4) is 5.75 Å². The van der Waals surface area contributed by atoms with Crippen molar-refractivity contribution in [2.75, 3.05) is 23.7 Å². The molecule has 0 aliphatic carbocycles. The first kappa shape index (κ1) is 31.0. The molecule has 0 bridgehead atoms. The lowest BCUT2D eigenvalue weighted by molar-refractivity contribution is -0.139. The zero-order valence-electron chi connectivity index (χ0n) is 23.5.